The maximum Gasteiger partial charge on any atom is 0.216 e. The van der Waals surface area contributed by atoms with Gasteiger partial charge in [0, 0.05) is 19.1 Å². The molecule has 29 heavy (non-hydrogen) atoms. The van der Waals surface area contributed by atoms with Crippen molar-refractivity contribution in [3.8, 4) is 0 Å². The normalized spacial score (nSPS) is 12.2. The minimum atomic E-state index is -3.38. The summed E-state index contributed by atoms with van der Waals surface area (Å²) in [6.45, 7) is 9.52. The molecule has 2 aromatic carbocycles. The summed E-state index contributed by atoms with van der Waals surface area (Å²) in [5.74, 6) is 0.658. The molecule has 6 nitrogen and oxygen atoms in total. The standard InChI is InChI=1S/C22H32N4O2S/c1-5-23-22(24-14-19-12-10-18(4)11-13-19)25-15-20-8-6-7-9-21(20)16-29(27,28)26-17(2)3/h6-13,17,26H,5,14-16H2,1-4H3,(H2,23,24,25). The second-order valence-corrected chi connectivity index (χ2v) is 9.09. The average Bonchev–Trinajstić information content (AvgIpc) is 2.65. The Morgan fingerprint density at radius 2 is 1.66 bits per heavy atom. The highest BCUT2D eigenvalue weighted by atomic mass is 32.2. The summed E-state index contributed by atoms with van der Waals surface area (Å²) in [6, 6.07) is 15.7. The first-order valence-electron chi connectivity index (χ1n) is 9.93. The van der Waals surface area contributed by atoms with Crippen molar-refractivity contribution >= 4 is 16.0 Å². The molecule has 3 N–H and O–H groups in total. The van der Waals surface area contributed by atoms with Gasteiger partial charge in [-0.25, -0.2) is 18.1 Å². The van der Waals surface area contributed by atoms with E-state index >= 15 is 0 Å². The highest BCUT2D eigenvalue weighted by molar-refractivity contribution is 7.88. The Kier molecular flexibility index (Phi) is 8.67. The largest absolute Gasteiger partial charge is 0.357 e. The molecule has 7 heteroatoms. The number of rotatable bonds is 9. The number of aryl methyl sites for hydroxylation is 1. The molecule has 0 bridgehead atoms. The molecule has 0 heterocycles. The van der Waals surface area contributed by atoms with E-state index in [9.17, 15) is 8.42 Å². The molecule has 2 rings (SSSR count). The highest BCUT2D eigenvalue weighted by Gasteiger charge is 2.15. The van der Waals surface area contributed by atoms with Gasteiger partial charge >= 0.3 is 0 Å². The first kappa shape index (κ1) is 22.9. The highest BCUT2D eigenvalue weighted by Crippen LogP contribution is 2.12. The van der Waals surface area contributed by atoms with Gasteiger partial charge in [-0.1, -0.05) is 54.1 Å². The lowest BCUT2D eigenvalue weighted by atomic mass is 10.1. The van der Waals surface area contributed by atoms with E-state index in [0.29, 0.717) is 19.0 Å². The lowest BCUT2D eigenvalue weighted by Crippen LogP contribution is -2.37. The third-order valence-electron chi connectivity index (χ3n) is 4.21. The number of hydrogen-bond donors (Lipinski definition) is 3. The average molecular weight is 417 g/mol. The van der Waals surface area contributed by atoms with Crippen LogP contribution >= 0.6 is 0 Å². The predicted octanol–water partition coefficient (Wildman–Crippen LogP) is 3.08. The first-order chi connectivity index (χ1) is 13.8. The number of sulfonamides is 1. The van der Waals surface area contributed by atoms with Crippen LogP contribution in [0.4, 0.5) is 0 Å². The summed E-state index contributed by atoms with van der Waals surface area (Å²) < 4.78 is 27.3. The SMILES string of the molecule is CCNC(=NCc1ccc(C)cc1)NCc1ccccc1CS(=O)(=O)NC(C)C. The van der Waals surface area contributed by atoms with E-state index in [1.807, 2.05) is 45.0 Å². The molecule has 0 atom stereocenters. The van der Waals surface area contributed by atoms with Crippen LogP contribution < -0.4 is 15.4 Å². The minimum Gasteiger partial charge on any atom is -0.357 e. The van der Waals surface area contributed by atoms with Crippen molar-refractivity contribution in [2.24, 2.45) is 4.99 Å². The van der Waals surface area contributed by atoms with Crippen LogP contribution in [0.25, 0.3) is 0 Å². The number of guanidine groups is 1. The number of aliphatic imine (C=N–C) groups is 1. The zero-order chi connectivity index (χ0) is 21.3. The lowest BCUT2D eigenvalue weighted by molar-refractivity contribution is 0.568. The summed E-state index contributed by atoms with van der Waals surface area (Å²) in [5.41, 5.74) is 4.07. The third kappa shape index (κ3) is 8.25. The van der Waals surface area contributed by atoms with Gasteiger partial charge in [0.05, 0.1) is 12.3 Å². The fourth-order valence-corrected chi connectivity index (χ4v) is 4.35. The van der Waals surface area contributed by atoms with Crippen LogP contribution in [0.2, 0.25) is 0 Å². The molecule has 0 aliphatic rings. The summed E-state index contributed by atoms with van der Waals surface area (Å²) >= 11 is 0. The maximum atomic E-state index is 12.3. The van der Waals surface area contributed by atoms with E-state index in [-0.39, 0.29) is 11.8 Å². The maximum absolute atomic E-state index is 12.3. The van der Waals surface area contributed by atoms with Gasteiger partial charge in [0.25, 0.3) is 0 Å². The van der Waals surface area contributed by atoms with Gasteiger partial charge in [-0.2, -0.15) is 0 Å². The topological polar surface area (TPSA) is 82.6 Å². The van der Waals surface area contributed by atoms with Gasteiger partial charge < -0.3 is 10.6 Å². The Labute approximate surface area is 174 Å². The Morgan fingerprint density at radius 1 is 1.00 bits per heavy atom. The molecule has 0 aliphatic carbocycles. The van der Waals surface area contributed by atoms with Crippen LogP contribution in [0, 0.1) is 6.92 Å². The second kappa shape index (κ2) is 11.0. The number of hydrogen-bond acceptors (Lipinski definition) is 3. The molecule has 0 aromatic heterocycles. The Morgan fingerprint density at radius 3 is 2.28 bits per heavy atom. The monoisotopic (exact) mass is 416 g/mol. The van der Waals surface area contributed by atoms with Crippen LogP contribution in [0.3, 0.4) is 0 Å². The molecule has 0 fully saturated rings. The molecule has 0 saturated heterocycles. The molecule has 0 spiro atoms. The Hall–Kier alpha value is -2.38. The van der Waals surface area contributed by atoms with Crippen molar-refractivity contribution in [1.82, 2.24) is 15.4 Å². The van der Waals surface area contributed by atoms with Crippen LogP contribution in [0.15, 0.2) is 53.5 Å². The molecule has 158 valence electrons. The molecular weight excluding hydrogens is 384 g/mol. The summed E-state index contributed by atoms with van der Waals surface area (Å²) in [5, 5.41) is 6.55. The minimum absolute atomic E-state index is 0.0416. The van der Waals surface area contributed by atoms with Crippen molar-refractivity contribution in [2.75, 3.05) is 6.54 Å². The summed E-state index contributed by atoms with van der Waals surface area (Å²) in [7, 11) is -3.38. The Bertz CT molecular complexity index is 907. The van der Waals surface area contributed by atoms with Crippen LogP contribution in [-0.2, 0) is 28.9 Å². The van der Waals surface area contributed by atoms with Crippen LogP contribution in [0.1, 0.15) is 43.0 Å². The van der Waals surface area contributed by atoms with Crippen molar-refractivity contribution in [1.29, 1.82) is 0 Å². The predicted molar refractivity (Wildman–Crippen MR) is 120 cm³/mol. The van der Waals surface area contributed by atoms with E-state index in [1.165, 1.54) is 5.56 Å². The third-order valence-corrected chi connectivity index (χ3v) is 5.73. The number of nitrogens with zero attached hydrogens (tertiary/aromatic N) is 1. The summed E-state index contributed by atoms with van der Waals surface area (Å²) in [6.07, 6.45) is 0. The van der Waals surface area contributed by atoms with Crippen molar-refractivity contribution in [3.05, 3.63) is 70.8 Å². The van der Waals surface area contributed by atoms with E-state index in [2.05, 4.69) is 51.5 Å². The van der Waals surface area contributed by atoms with Gasteiger partial charge in [-0.15, -0.1) is 0 Å². The fourth-order valence-electron chi connectivity index (χ4n) is 2.86. The quantitative estimate of drug-likeness (QED) is 0.433. The van der Waals surface area contributed by atoms with Gasteiger partial charge in [0.2, 0.25) is 10.0 Å². The molecular formula is C22H32N4O2S. The second-order valence-electron chi connectivity index (χ2n) is 7.33. The molecule has 2 aromatic rings. The van der Waals surface area contributed by atoms with E-state index in [1.54, 1.807) is 0 Å². The summed E-state index contributed by atoms with van der Waals surface area (Å²) in [4.78, 5) is 4.64. The molecule has 0 aliphatic heterocycles. The molecule has 0 unspecified atom stereocenters. The zero-order valence-electron chi connectivity index (χ0n) is 17.7. The molecule has 0 amide bonds. The van der Waals surface area contributed by atoms with Crippen molar-refractivity contribution < 1.29 is 8.42 Å². The van der Waals surface area contributed by atoms with Crippen LogP contribution in [-0.4, -0.2) is 27.0 Å². The molecule has 0 saturated carbocycles. The van der Waals surface area contributed by atoms with Gasteiger partial charge in [0.1, 0.15) is 0 Å². The van der Waals surface area contributed by atoms with Crippen molar-refractivity contribution in [3.63, 3.8) is 0 Å². The fraction of sp³-hybridized carbons (Fsp3) is 0.409. The van der Waals surface area contributed by atoms with Gasteiger partial charge in [-0.3, -0.25) is 0 Å². The van der Waals surface area contributed by atoms with E-state index < -0.39 is 10.0 Å². The number of benzene rings is 2. The van der Waals surface area contributed by atoms with Gasteiger partial charge in [0.15, 0.2) is 5.96 Å². The lowest BCUT2D eigenvalue weighted by Gasteiger charge is -2.15. The Balaban J connectivity index is 2.07. The van der Waals surface area contributed by atoms with Crippen LogP contribution in [0.5, 0.6) is 0 Å². The molecule has 0 radical (unpaired) electrons. The number of nitrogens with one attached hydrogen (secondary N) is 3. The van der Waals surface area contributed by atoms with Gasteiger partial charge in [-0.05, 0) is 44.4 Å². The van der Waals surface area contributed by atoms with Crippen molar-refractivity contribution in [2.45, 2.75) is 52.6 Å². The van der Waals surface area contributed by atoms with E-state index in [0.717, 1.165) is 23.2 Å². The van der Waals surface area contributed by atoms with E-state index in [4.69, 9.17) is 0 Å². The smallest absolute Gasteiger partial charge is 0.216 e. The first-order valence-corrected chi connectivity index (χ1v) is 11.6. The zero-order valence-corrected chi connectivity index (χ0v) is 18.5.